The second-order valence-corrected chi connectivity index (χ2v) is 7.82. The summed E-state index contributed by atoms with van der Waals surface area (Å²) in [7, 11) is 2.22. The number of rotatable bonds is 6. The van der Waals surface area contributed by atoms with Crippen molar-refractivity contribution >= 4 is 16.9 Å². The molecule has 0 spiro atoms. The number of fused-ring (bicyclic) bond motifs is 3. The van der Waals surface area contributed by atoms with E-state index in [2.05, 4.69) is 26.8 Å². The maximum Gasteiger partial charge on any atom is 0.251 e. The molecule has 27 heavy (non-hydrogen) atoms. The molecule has 1 amide bonds. The molecule has 0 radical (unpaired) electrons. The van der Waals surface area contributed by atoms with Gasteiger partial charge in [-0.05, 0) is 51.1 Å². The van der Waals surface area contributed by atoms with Crippen molar-refractivity contribution in [3.8, 4) is 0 Å². The molecule has 1 aliphatic heterocycles. The van der Waals surface area contributed by atoms with Gasteiger partial charge in [0, 0.05) is 24.7 Å². The number of amides is 1. The normalized spacial score (nSPS) is 18.0. The van der Waals surface area contributed by atoms with Gasteiger partial charge in [-0.15, -0.1) is 0 Å². The molecule has 1 aliphatic carbocycles. The Hall–Kier alpha value is -1.92. The lowest BCUT2D eigenvalue weighted by atomic mass is 9.94. The van der Waals surface area contributed by atoms with Crippen molar-refractivity contribution in [2.24, 2.45) is 0 Å². The second-order valence-electron chi connectivity index (χ2n) is 7.82. The zero-order chi connectivity index (χ0) is 18.6. The number of nitrogens with zero attached hydrogens (tertiary/aromatic N) is 3. The number of carbonyl (C=O) groups excluding carboxylic acids is 1. The largest absolute Gasteiger partial charge is 0.372 e. The monoisotopic (exact) mass is 370 g/mol. The van der Waals surface area contributed by atoms with Gasteiger partial charge in [-0.25, -0.2) is 4.98 Å². The predicted molar refractivity (Wildman–Crippen MR) is 106 cm³/mol. The van der Waals surface area contributed by atoms with E-state index in [4.69, 9.17) is 4.74 Å². The molecule has 1 N–H and O–H groups in total. The fraction of sp³-hybridized carbons (Fsp3) is 0.619. The summed E-state index contributed by atoms with van der Waals surface area (Å²) in [5, 5.41) is 3.06. The SMILES string of the molecule is CN(CCCNC(=O)c1ccc2c(c1)nc1n2CCOC1)C1CCCCC1. The summed E-state index contributed by atoms with van der Waals surface area (Å²) >= 11 is 0. The van der Waals surface area contributed by atoms with E-state index in [1.54, 1.807) is 0 Å². The van der Waals surface area contributed by atoms with Crippen LogP contribution >= 0.6 is 0 Å². The van der Waals surface area contributed by atoms with Gasteiger partial charge in [-0.1, -0.05) is 19.3 Å². The molecule has 6 nitrogen and oxygen atoms in total. The van der Waals surface area contributed by atoms with Crippen molar-refractivity contribution in [3.63, 3.8) is 0 Å². The van der Waals surface area contributed by atoms with Gasteiger partial charge in [-0.3, -0.25) is 4.79 Å². The highest BCUT2D eigenvalue weighted by molar-refractivity contribution is 5.97. The van der Waals surface area contributed by atoms with Gasteiger partial charge < -0.3 is 19.5 Å². The highest BCUT2D eigenvalue weighted by atomic mass is 16.5. The van der Waals surface area contributed by atoms with E-state index in [1.165, 1.54) is 32.1 Å². The average molecular weight is 370 g/mol. The Morgan fingerprint density at radius 3 is 3.04 bits per heavy atom. The van der Waals surface area contributed by atoms with Gasteiger partial charge >= 0.3 is 0 Å². The fourth-order valence-corrected chi connectivity index (χ4v) is 4.34. The minimum atomic E-state index is -0.0144. The Morgan fingerprint density at radius 1 is 1.33 bits per heavy atom. The first-order valence-corrected chi connectivity index (χ1v) is 10.3. The summed E-state index contributed by atoms with van der Waals surface area (Å²) in [4.78, 5) is 19.6. The maximum atomic E-state index is 12.5. The van der Waals surface area contributed by atoms with E-state index in [0.29, 0.717) is 18.7 Å². The number of benzene rings is 1. The molecule has 4 rings (SSSR count). The minimum absolute atomic E-state index is 0.0144. The number of hydrogen-bond donors (Lipinski definition) is 1. The maximum absolute atomic E-state index is 12.5. The van der Waals surface area contributed by atoms with Gasteiger partial charge in [0.25, 0.3) is 5.91 Å². The van der Waals surface area contributed by atoms with Crippen LogP contribution < -0.4 is 5.32 Å². The molecule has 0 unspecified atom stereocenters. The third kappa shape index (κ3) is 4.17. The summed E-state index contributed by atoms with van der Waals surface area (Å²) in [5.74, 6) is 0.930. The highest BCUT2D eigenvalue weighted by Gasteiger charge is 2.18. The van der Waals surface area contributed by atoms with Crippen molar-refractivity contribution in [3.05, 3.63) is 29.6 Å². The number of hydrogen-bond acceptors (Lipinski definition) is 4. The molecule has 146 valence electrons. The van der Waals surface area contributed by atoms with Crippen LogP contribution in [0.1, 0.15) is 54.7 Å². The molecule has 0 saturated heterocycles. The van der Waals surface area contributed by atoms with Crippen LogP contribution in [-0.4, -0.2) is 53.1 Å². The van der Waals surface area contributed by atoms with Gasteiger partial charge in [0.1, 0.15) is 12.4 Å². The smallest absolute Gasteiger partial charge is 0.251 e. The minimum Gasteiger partial charge on any atom is -0.372 e. The van der Waals surface area contributed by atoms with Crippen LogP contribution in [0.15, 0.2) is 18.2 Å². The van der Waals surface area contributed by atoms with Gasteiger partial charge in [0.2, 0.25) is 0 Å². The molecule has 2 heterocycles. The summed E-state index contributed by atoms with van der Waals surface area (Å²) in [5.41, 5.74) is 2.64. The zero-order valence-electron chi connectivity index (χ0n) is 16.2. The van der Waals surface area contributed by atoms with Crippen molar-refractivity contribution in [2.45, 2.75) is 57.7 Å². The molecule has 2 aromatic rings. The molecule has 1 saturated carbocycles. The Balaban J connectivity index is 1.29. The summed E-state index contributed by atoms with van der Waals surface area (Å²) in [6.45, 7) is 3.84. The second kappa shape index (κ2) is 8.40. The van der Waals surface area contributed by atoms with Gasteiger partial charge in [-0.2, -0.15) is 0 Å². The van der Waals surface area contributed by atoms with E-state index in [-0.39, 0.29) is 5.91 Å². The van der Waals surface area contributed by atoms with Crippen LogP contribution in [-0.2, 0) is 17.9 Å². The number of imidazole rings is 1. The first-order valence-electron chi connectivity index (χ1n) is 10.3. The standard InChI is InChI=1S/C21H30N4O2/c1-24(17-6-3-2-4-7-17)11-5-10-22-21(26)16-8-9-19-18(14-16)23-20-15-27-13-12-25(19)20/h8-9,14,17H,2-7,10-13,15H2,1H3,(H,22,26). The molecule has 6 heteroatoms. The van der Waals surface area contributed by atoms with Crippen LogP contribution in [0.2, 0.25) is 0 Å². The predicted octanol–water partition coefficient (Wildman–Crippen LogP) is 2.95. The summed E-state index contributed by atoms with van der Waals surface area (Å²) in [6, 6.07) is 6.52. The molecule has 1 aromatic heterocycles. The molecule has 1 fully saturated rings. The lowest BCUT2D eigenvalue weighted by molar-refractivity contribution is 0.0830. The Kier molecular flexibility index (Phi) is 5.74. The fourth-order valence-electron chi connectivity index (χ4n) is 4.34. The van der Waals surface area contributed by atoms with Crippen LogP contribution in [0.25, 0.3) is 11.0 Å². The van der Waals surface area contributed by atoms with Crippen LogP contribution in [0, 0.1) is 0 Å². The number of ether oxygens (including phenoxy) is 1. The molecular weight excluding hydrogens is 340 g/mol. The van der Waals surface area contributed by atoms with Crippen molar-refractivity contribution in [1.29, 1.82) is 0 Å². The number of nitrogens with one attached hydrogen (secondary N) is 1. The first-order chi connectivity index (χ1) is 13.2. The van der Waals surface area contributed by atoms with Crippen LogP contribution in [0.4, 0.5) is 0 Å². The van der Waals surface area contributed by atoms with Crippen molar-refractivity contribution in [2.75, 3.05) is 26.7 Å². The molecule has 0 bridgehead atoms. The Bertz CT molecular complexity index is 795. The molecule has 0 atom stereocenters. The number of carbonyl (C=O) groups is 1. The summed E-state index contributed by atoms with van der Waals surface area (Å²) in [6.07, 6.45) is 7.73. The molecule has 1 aromatic carbocycles. The van der Waals surface area contributed by atoms with Crippen LogP contribution in [0.3, 0.4) is 0 Å². The first kappa shape index (κ1) is 18.4. The van der Waals surface area contributed by atoms with Crippen LogP contribution in [0.5, 0.6) is 0 Å². The Labute approximate surface area is 160 Å². The average Bonchev–Trinajstić information content (AvgIpc) is 3.09. The lowest BCUT2D eigenvalue weighted by Gasteiger charge is -2.31. The third-order valence-electron chi connectivity index (χ3n) is 5.95. The zero-order valence-corrected chi connectivity index (χ0v) is 16.2. The number of aromatic nitrogens is 2. The molecular formula is C21H30N4O2. The van der Waals surface area contributed by atoms with E-state index < -0.39 is 0 Å². The molecule has 2 aliphatic rings. The lowest BCUT2D eigenvalue weighted by Crippen LogP contribution is -2.35. The van der Waals surface area contributed by atoms with Gasteiger partial charge in [0.05, 0.1) is 17.6 Å². The summed E-state index contributed by atoms with van der Waals surface area (Å²) < 4.78 is 7.65. The quantitative estimate of drug-likeness (QED) is 0.794. The van der Waals surface area contributed by atoms with Crippen molar-refractivity contribution < 1.29 is 9.53 Å². The van der Waals surface area contributed by atoms with E-state index in [9.17, 15) is 4.79 Å². The Morgan fingerprint density at radius 2 is 2.19 bits per heavy atom. The van der Waals surface area contributed by atoms with Crippen molar-refractivity contribution in [1.82, 2.24) is 19.8 Å². The van der Waals surface area contributed by atoms with E-state index >= 15 is 0 Å². The van der Waals surface area contributed by atoms with Gasteiger partial charge in [0.15, 0.2) is 0 Å². The topological polar surface area (TPSA) is 59.4 Å². The van der Waals surface area contributed by atoms with E-state index in [0.717, 1.165) is 49.0 Å². The van der Waals surface area contributed by atoms with E-state index in [1.807, 2.05) is 18.2 Å². The third-order valence-corrected chi connectivity index (χ3v) is 5.95. The highest BCUT2D eigenvalue weighted by Crippen LogP contribution is 2.22.